The molecule has 0 aliphatic rings. The normalized spacial score (nSPS) is 10.8. The van der Waals surface area contributed by atoms with Gasteiger partial charge in [-0.25, -0.2) is 4.98 Å². The van der Waals surface area contributed by atoms with Gasteiger partial charge in [0.2, 0.25) is 5.91 Å². The molecule has 5 nitrogen and oxygen atoms in total. The fourth-order valence-corrected chi connectivity index (χ4v) is 2.94. The number of carbonyl (C=O) groups is 1. The maximum absolute atomic E-state index is 12.8. The zero-order valence-electron chi connectivity index (χ0n) is 14.7. The summed E-state index contributed by atoms with van der Waals surface area (Å²) in [4.78, 5) is 31.4. The Morgan fingerprint density at radius 1 is 1.16 bits per heavy atom. The van der Waals surface area contributed by atoms with E-state index >= 15 is 0 Å². The van der Waals surface area contributed by atoms with Crippen molar-refractivity contribution in [1.82, 2.24) is 9.55 Å². The summed E-state index contributed by atoms with van der Waals surface area (Å²) in [5.41, 5.74) is 3.45. The summed E-state index contributed by atoms with van der Waals surface area (Å²) < 4.78 is 1.37. The Bertz CT molecular complexity index is 992. The van der Waals surface area contributed by atoms with Crippen LogP contribution < -0.4 is 10.5 Å². The molecule has 0 fully saturated rings. The number of aromatic nitrogens is 2. The van der Waals surface area contributed by atoms with E-state index in [-0.39, 0.29) is 18.0 Å². The number of nitrogens with zero attached hydrogens (tertiary/aromatic N) is 3. The summed E-state index contributed by atoms with van der Waals surface area (Å²) in [6.07, 6.45) is 1.44. The fraction of sp³-hybridized carbons (Fsp3) is 0.250. The molecule has 0 aliphatic heterocycles. The molecule has 0 saturated heterocycles. The summed E-state index contributed by atoms with van der Waals surface area (Å²) in [5.74, 6) is -0.129. The van der Waals surface area contributed by atoms with Crippen molar-refractivity contribution in [2.24, 2.45) is 0 Å². The van der Waals surface area contributed by atoms with Crippen molar-refractivity contribution in [3.05, 3.63) is 70.3 Å². The maximum atomic E-state index is 12.8. The van der Waals surface area contributed by atoms with Crippen LogP contribution in [-0.2, 0) is 11.3 Å². The molecule has 0 N–H and O–H groups in total. The molecular formula is C20H21N3O2. The van der Waals surface area contributed by atoms with Gasteiger partial charge in [-0.15, -0.1) is 0 Å². The molecule has 1 aromatic heterocycles. The van der Waals surface area contributed by atoms with E-state index in [1.807, 2.05) is 45.0 Å². The first kappa shape index (κ1) is 16.9. The summed E-state index contributed by atoms with van der Waals surface area (Å²) in [7, 11) is 0. The Kier molecular flexibility index (Phi) is 4.65. The van der Waals surface area contributed by atoms with Gasteiger partial charge in [-0.1, -0.05) is 24.3 Å². The number of rotatable bonds is 4. The van der Waals surface area contributed by atoms with E-state index in [0.717, 1.165) is 16.8 Å². The van der Waals surface area contributed by atoms with Gasteiger partial charge in [0.1, 0.15) is 6.54 Å². The monoisotopic (exact) mass is 335 g/mol. The second kappa shape index (κ2) is 6.89. The third kappa shape index (κ3) is 3.31. The lowest BCUT2D eigenvalue weighted by Crippen LogP contribution is -2.37. The van der Waals surface area contributed by atoms with Gasteiger partial charge in [0.25, 0.3) is 5.56 Å². The lowest BCUT2D eigenvalue weighted by Gasteiger charge is -2.24. The molecule has 0 bridgehead atoms. The molecule has 5 heteroatoms. The van der Waals surface area contributed by atoms with Gasteiger partial charge in [0, 0.05) is 12.2 Å². The molecule has 0 unspecified atom stereocenters. The first-order valence-corrected chi connectivity index (χ1v) is 8.33. The van der Waals surface area contributed by atoms with E-state index in [1.54, 1.807) is 23.1 Å². The largest absolute Gasteiger partial charge is 0.311 e. The SMILES string of the molecule is CCN(C(=O)Cn1cnc2ccccc2c1=O)c1cc(C)ccc1C. The molecule has 0 radical (unpaired) electrons. The van der Waals surface area contributed by atoms with Crippen LogP contribution in [0.1, 0.15) is 18.1 Å². The Morgan fingerprint density at radius 2 is 1.92 bits per heavy atom. The molecule has 0 atom stereocenters. The van der Waals surface area contributed by atoms with Gasteiger partial charge in [-0.2, -0.15) is 0 Å². The quantitative estimate of drug-likeness (QED) is 0.736. The maximum Gasteiger partial charge on any atom is 0.261 e. The smallest absolute Gasteiger partial charge is 0.261 e. The summed E-state index contributed by atoms with van der Waals surface area (Å²) in [6.45, 7) is 6.42. The van der Waals surface area contributed by atoms with E-state index in [2.05, 4.69) is 4.98 Å². The fourth-order valence-electron chi connectivity index (χ4n) is 2.94. The van der Waals surface area contributed by atoms with E-state index in [0.29, 0.717) is 17.4 Å². The minimum absolute atomic E-state index is 0.0299. The van der Waals surface area contributed by atoms with Gasteiger partial charge < -0.3 is 4.90 Å². The Morgan fingerprint density at radius 3 is 2.68 bits per heavy atom. The lowest BCUT2D eigenvalue weighted by atomic mass is 10.1. The molecule has 3 rings (SSSR count). The molecule has 3 aromatic rings. The minimum atomic E-state index is -0.198. The highest BCUT2D eigenvalue weighted by Gasteiger charge is 2.17. The van der Waals surface area contributed by atoms with Gasteiger partial charge in [0.15, 0.2) is 0 Å². The van der Waals surface area contributed by atoms with Crippen LogP contribution in [0.25, 0.3) is 10.9 Å². The third-order valence-electron chi connectivity index (χ3n) is 4.31. The van der Waals surface area contributed by atoms with Crippen LogP contribution in [0.2, 0.25) is 0 Å². The highest BCUT2D eigenvalue weighted by molar-refractivity contribution is 5.94. The topological polar surface area (TPSA) is 55.2 Å². The van der Waals surface area contributed by atoms with E-state index in [1.165, 1.54) is 10.9 Å². The van der Waals surface area contributed by atoms with E-state index < -0.39 is 0 Å². The van der Waals surface area contributed by atoms with Crippen molar-refractivity contribution >= 4 is 22.5 Å². The van der Waals surface area contributed by atoms with Crippen LogP contribution in [0.3, 0.4) is 0 Å². The van der Waals surface area contributed by atoms with Crippen LogP contribution in [0, 0.1) is 13.8 Å². The number of amides is 1. The lowest BCUT2D eigenvalue weighted by molar-refractivity contribution is -0.119. The number of aryl methyl sites for hydroxylation is 2. The summed E-state index contributed by atoms with van der Waals surface area (Å²) in [6, 6.07) is 13.2. The highest BCUT2D eigenvalue weighted by atomic mass is 16.2. The third-order valence-corrected chi connectivity index (χ3v) is 4.31. The minimum Gasteiger partial charge on any atom is -0.311 e. The molecule has 1 heterocycles. The van der Waals surface area contributed by atoms with Crippen LogP contribution in [0.5, 0.6) is 0 Å². The number of carbonyl (C=O) groups excluding carboxylic acids is 1. The average molecular weight is 335 g/mol. The molecular weight excluding hydrogens is 314 g/mol. The standard InChI is InChI=1S/C20H21N3O2/c1-4-23(18-11-14(2)9-10-15(18)3)19(24)12-22-13-21-17-8-6-5-7-16(17)20(22)25/h5-11,13H,4,12H2,1-3H3. The Balaban J connectivity index is 1.94. The number of hydrogen-bond acceptors (Lipinski definition) is 3. The predicted molar refractivity (Wildman–Crippen MR) is 99.9 cm³/mol. The van der Waals surface area contributed by atoms with E-state index in [9.17, 15) is 9.59 Å². The number of hydrogen-bond donors (Lipinski definition) is 0. The summed E-state index contributed by atoms with van der Waals surface area (Å²) in [5, 5.41) is 0.521. The van der Waals surface area contributed by atoms with Crippen LogP contribution in [-0.4, -0.2) is 22.0 Å². The summed E-state index contributed by atoms with van der Waals surface area (Å²) >= 11 is 0. The predicted octanol–water partition coefficient (Wildman–Crippen LogP) is 3.07. The molecule has 0 spiro atoms. The molecule has 1 amide bonds. The van der Waals surface area contributed by atoms with E-state index in [4.69, 9.17) is 0 Å². The highest BCUT2D eigenvalue weighted by Crippen LogP contribution is 2.21. The van der Waals surface area contributed by atoms with Crippen molar-refractivity contribution in [3.63, 3.8) is 0 Å². The van der Waals surface area contributed by atoms with Crippen molar-refractivity contribution in [2.45, 2.75) is 27.3 Å². The van der Waals surface area contributed by atoms with Gasteiger partial charge in [0.05, 0.1) is 17.2 Å². The molecule has 0 saturated carbocycles. The number of likely N-dealkylation sites (N-methyl/N-ethyl adjacent to an activating group) is 1. The second-order valence-corrected chi connectivity index (χ2v) is 6.12. The van der Waals surface area contributed by atoms with Crippen molar-refractivity contribution in [2.75, 3.05) is 11.4 Å². The number of anilines is 1. The number of benzene rings is 2. The molecule has 2 aromatic carbocycles. The van der Waals surface area contributed by atoms with Crippen molar-refractivity contribution in [1.29, 1.82) is 0 Å². The van der Waals surface area contributed by atoms with Gasteiger partial charge in [-0.3, -0.25) is 14.2 Å². The number of fused-ring (bicyclic) bond motifs is 1. The first-order valence-electron chi connectivity index (χ1n) is 8.33. The van der Waals surface area contributed by atoms with Crippen LogP contribution >= 0.6 is 0 Å². The second-order valence-electron chi connectivity index (χ2n) is 6.12. The van der Waals surface area contributed by atoms with Crippen molar-refractivity contribution in [3.8, 4) is 0 Å². The van der Waals surface area contributed by atoms with Crippen LogP contribution in [0.15, 0.2) is 53.6 Å². The van der Waals surface area contributed by atoms with Gasteiger partial charge >= 0.3 is 0 Å². The molecule has 128 valence electrons. The molecule has 25 heavy (non-hydrogen) atoms. The average Bonchev–Trinajstić information content (AvgIpc) is 2.61. The number of para-hydroxylation sites is 1. The first-order chi connectivity index (χ1) is 12.0. The van der Waals surface area contributed by atoms with Crippen molar-refractivity contribution < 1.29 is 4.79 Å². The zero-order chi connectivity index (χ0) is 18.0. The Hall–Kier alpha value is -2.95. The zero-order valence-corrected chi connectivity index (χ0v) is 14.7. The molecule has 0 aliphatic carbocycles. The Labute approximate surface area is 146 Å². The van der Waals surface area contributed by atoms with Gasteiger partial charge in [-0.05, 0) is 50.1 Å². The van der Waals surface area contributed by atoms with Crippen LogP contribution in [0.4, 0.5) is 5.69 Å².